The molecule has 0 aliphatic heterocycles. The van der Waals surface area contributed by atoms with Crippen LogP contribution >= 0.6 is 11.6 Å². The quantitative estimate of drug-likeness (QED) is 0.922. The van der Waals surface area contributed by atoms with Gasteiger partial charge in [0.1, 0.15) is 29.7 Å². The summed E-state index contributed by atoms with van der Waals surface area (Å²) in [4.78, 5) is 6.96. The van der Waals surface area contributed by atoms with E-state index in [1.54, 1.807) is 6.07 Å². The van der Waals surface area contributed by atoms with Crippen LogP contribution in [0.2, 0.25) is 5.02 Å². The summed E-state index contributed by atoms with van der Waals surface area (Å²) in [7, 11) is 0. The van der Waals surface area contributed by atoms with E-state index in [0.717, 1.165) is 18.5 Å². The highest BCUT2D eigenvalue weighted by Crippen LogP contribution is 2.35. The van der Waals surface area contributed by atoms with Crippen molar-refractivity contribution in [2.45, 2.75) is 6.43 Å². The van der Waals surface area contributed by atoms with Gasteiger partial charge in [0.05, 0.1) is 16.3 Å². The molecular weight excluding hydrogens is 295 g/mol. The smallest absolute Gasteiger partial charge is 0.281 e. The number of halogens is 4. The minimum Gasteiger partial charge on any atom is -0.507 e. The van der Waals surface area contributed by atoms with Gasteiger partial charge in [-0.2, -0.15) is 5.26 Å². The molecule has 1 aromatic heterocycles. The van der Waals surface area contributed by atoms with Crippen LogP contribution in [-0.2, 0) is 0 Å². The molecule has 4 nitrogen and oxygen atoms in total. The van der Waals surface area contributed by atoms with E-state index in [9.17, 15) is 18.3 Å². The van der Waals surface area contributed by atoms with Crippen molar-refractivity contribution in [3.05, 3.63) is 40.6 Å². The third-order valence-corrected chi connectivity index (χ3v) is 2.86. The summed E-state index contributed by atoms with van der Waals surface area (Å²) in [6, 6.07) is 3.25. The molecule has 1 aromatic carbocycles. The third kappa shape index (κ3) is 2.38. The van der Waals surface area contributed by atoms with Crippen molar-refractivity contribution in [1.82, 2.24) is 9.97 Å². The van der Waals surface area contributed by atoms with Crippen molar-refractivity contribution < 1.29 is 18.3 Å². The first kappa shape index (κ1) is 14.1. The maximum absolute atomic E-state index is 13.8. The Morgan fingerprint density at radius 3 is 2.60 bits per heavy atom. The summed E-state index contributed by atoms with van der Waals surface area (Å²) < 4.78 is 39.2. The number of hydrogen-bond acceptors (Lipinski definition) is 4. The van der Waals surface area contributed by atoms with E-state index in [2.05, 4.69) is 9.97 Å². The lowest BCUT2D eigenvalue weighted by Crippen LogP contribution is -1.98. The average molecular weight is 300 g/mol. The normalized spacial score (nSPS) is 10.6. The van der Waals surface area contributed by atoms with Crippen LogP contribution in [0.3, 0.4) is 0 Å². The number of hydrogen-bond donors (Lipinski definition) is 1. The van der Waals surface area contributed by atoms with Crippen molar-refractivity contribution >= 4 is 11.6 Å². The SMILES string of the molecule is N#Cc1cc(F)c(-c2ncnc(C(F)F)c2Cl)cc1O. The Hall–Kier alpha value is -2.33. The number of benzene rings is 1. The number of alkyl halides is 2. The van der Waals surface area contributed by atoms with Crippen molar-refractivity contribution in [3.63, 3.8) is 0 Å². The molecule has 0 spiro atoms. The fourth-order valence-electron chi connectivity index (χ4n) is 1.56. The Kier molecular flexibility index (Phi) is 3.77. The van der Waals surface area contributed by atoms with Crippen molar-refractivity contribution in [1.29, 1.82) is 5.26 Å². The molecule has 0 bridgehead atoms. The first-order valence-electron chi connectivity index (χ1n) is 5.17. The highest BCUT2D eigenvalue weighted by molar-refractivity contribution is 6.33. The average Bonchev–Trinajstić information content (AvgIpc) is 2.41. The topological polar surface area (TPSA) is 69.8 Å². The zero-order valence-electron chi connectivity index (χ0n) is 9.61. The molecule has 0 saturated heterocycles. The summed E-state index contributed by atoms with van der Waals surface area (Å²) in [5.74, 6) is -1.42. The molecule has 0 atom stereocenters. The number of phenols is 1. The summed E-state index contributed by atoms with van der Waals surface area (Å²) in [5.41, 5.74) is -1.60. The lowest BCUT2D eigenvalue weighted by Gasteiger charge is -2.09. The molecule has 1 N–H and O–H groups in total. The highest BCUT2D eigenvalue weighted by atomic mass is 35.5. The number of nitrogens with zero attached hydrogens (tertiary/aromatic N) is 3. The minimum absolute atomic E-state index is 0.283. The number of aromatic nitrogens is 2. The summed E-state index contributed by atoms with van der Waals surface area (Å²) >= 11 is 5.72. The first-order valence-corrected chi connectivity index (χ1v) is 5.55. The van der Waals surface area contributed by atoms with Crippen LogP contribution in [0.5, 0.6) is 5.75 Å². The number of phenolic OH excluding ortho intramolecular Hbond substituents is 1. The molecule has 0 amide bonds. The van der Waals surface area contributed by atoms with E-state index < -0.39 is 28.7 Å². The molecule has 0 aliphatic carbocycles. The number of rotatable bonds is 2. The zero-order chi connectivity index (χ0) is 14.9. The van der Waals surface area contributed by atoms with Crippen LogP contribution in [-0.4, -0.2) is 15.1 Å². The summed E-state index contributed by atoms with van der Waals surface area (Å²) in [6.07, 6.45) is -2.13. The molecule has 20 heavy (non-hydrogen) atoms. The molecule has 2 aromatic rings. The molecule has 0 radical (unpaired) electrons. The highest BCUT2D eigenvalue weighted by Gasteiger charge is 2.21. The van der Waals surface area contributed by atoms with Gasteiger partial charge in [0.2, 0.25) is 0 Å². The Morgan fingerprint density at radius 1 is 1.30 bits per heavy atom. The van der Waals surface area contributed by atoms with Gasteiger partial charge in [-0.05, 0) is 12.1 Å². The molecule has 8 heteroatoms. The van der Waals surface area contributed by atoms with Gasteiger partial charge < -0.3 is 5.11 Å². The van der Waals surface area contributed by atoms with Crippen molar-refractivity contribution in [2.75, 3.05) is 0 Å². The Labute approximate surface area is 116 Å². The predicted octanol–water partition coefficient (Wildman–Crippen LogP) is 3.45. The number of nitriles is 1. The molecule has 102 valence electrons. The van der Waals surface area contributed by atoms with Crippen LogP contribution in [0, 0.1) is 17.1 Å². The van der Waals surface area contributed by atoms with Gasteiger partial charge in [0.25, 0.3) is 6.43 Å². The fourth-order valence-corrected chi connectivity index (χ4v) is 1.84. The van der Waals surface area contributed by atoms with Crippen LogP contribution < -0.4 is 0 Å². The van der Waals surface area contributed by atoms with E-state index >= 15 is 0 Å². The van der Waals surface area contributed by atoms with Crippen LogP contribution in [0.1, 0.15) is 17.7 Å². The zero-order valence-corrected chi connectivity index (χ0v) is 10.4. The Bertz CT molecular complexity index is 716. The summed E-state index contributed by atoms with van der Waals surface area (Å²) in [5, 5.41) is 17.7. The van der Waals surface area contributed by atoms with E-state index in [1.807, 2.05) is 0 Å². The molecule has 0 aliphatic rings. The van der Waals surface area contributed by atoms with Gasteiger partial charge in [-0.3, -0.25) is 0 Å². The lowest BCUT2D eigenvalue weighted by atomic mass is 10.1. The van der Waals surface area contributed by atoms with Crippen molar-refractivity contribution in [2.24, 2.45) is 0 Å². The molecule has 1 heterocycles. The largest absolute Gasteiger partial charge is 0.507 e. The van der Waals surface area contributed by atoms with Crippen LogP contribution in [0.25, 0.3) is 11.3 Å². The minimum atomic E-state index is -2.95. The second kappa shape index (κ2) is 5.35. The van der Waals surface area contributed by atoms with Gasteiger partial charge in [-0.25, -0.2) is 23.1 Å². The van der Waals surface area contributed by atoms with E-state index in [-0.39, 0.29) is 16.8 Å². The van der Waals surface area contributed by atoms with Gasteiger partial charge in [0.15, 0.2) is 0 Å². The third-order valence-electron chi connectivity index (χ3n) is 2.48. The van der Waals surface area contributed by atoms with E-state index in [0.29, 0.717) is 0 Å². The summed E-state index contributed by atoms with van der Waals surface area (Å²) in [6.45, 7) is 0. The lowest BCUT2D eigenvalue weighted by molar-refractivity contribution is 0.146. The molecule has 0 unspecified atom stereocenters. The fraction of sp³-hybridized carbons (Fsp3) is 0.0833. The van der Waals surface area contributed by atoms with Crippen LogP contribution in [0.15, 0.2) is 18.5 Å². The molecule has 0 fully saturated rings. The molecule has 0 saturated carbocycles. The monoisotopic (exact) mass is 299 g/mol. The van der Waals surface area contributed by atoms with E-state index in [4.69, 9.17) is 16.9 Å². The van der Waals surface area contributed by atoms with Gasteiger partial charge in [0, 0.05) is 5.56 Å². The predicted molar refractivity (Wildman–Crippen MR) is 63.8 cm³/mol. The maximum Gasteiger partial charge on any atom is 0.281 e. The molecular formula is C12H5ClF3N3O. The second-order valence-electron chi connectivity index (χ2n) is 3.68. The maximum atomic E-state index is 13.8. The standard InChI is InChI=1S/C12H5ClF3N3O/c13-9-10(18-4-19-11(9)12(15)16)6-2-8(20)5(3-17)1-7(6)14/h1-2,4,12,20H. The van der Waals surface area contributed by atoms with Crippen molar-refractivity contribution in [3.8, 4) is 23.1 Å². The Morgan fingerprint density at radius 2 is 2.00 bits per heavy atom. The first-order chi connectivity index (χ1) is 9.45. The molecule has 2 rings (SSSR count). The van der Waals surface area contributed by atoms with Crippen LogP contribution in [0.4, 0.5) is 13.2 Å². The van der Waals surface area contributed by atoms with Gasteiger partial charge >= 0.3 is 0 Å². The second-order valence-corrected chi connectivity index (χ2v) is 4.06. The van der Waals surface area contributed by atoms with Gasteiger partial charge in [-0.15, -0.1) is 0 Å². The Balaban J connectivity index is 2.67. The van der Waals surface area contributed by atoms with E-state index in [1.165, 1.54) is 0 Å². The van der Waals surface area contributed by atoms with Gasteiger partial charge in [-0.1, -0.05) is 11.6 Å². The number of aromatic hydroxyl groups is 1.